The lowest BCUT2D eigenvalue weighted by Crippen LogP contribution is -2.36. The van der Waals surface area contributed by atoms with Crippen molar-refractivity contribution in [2.45, 2.75) is 25.5 Å². The molecule has 0 saturated carbocycles. The average Bonchev–Trinajstić information content (AvgIpc) is 3.08. The molecule has 24 heavy (non-hydrogen) atoms. The fraction of sp³-hybridized carbons (Fsp3) is 0.333. The average molecular weight is 338 g/mol. The van der Waals surface area contributed by atoms with Crippen LogP contribution in [-0.4, -0.2) is 24.3 Å². The minimum atomic E-state index is -0.225. The third kappa shape index (κ3) is 3.68. The van der Waals surface area contributed by atoms with Crippen LogP contribution in [0, 0.1) is 22.7 Å². The van der Waals surface area contributed by atoms with Crippen LogP contribution in [-0.2, 0) is 6.54 Å². The summed E-state index contributed by atoms with van der Waals surface area (Å²) in [5, 5.41) is 33.1. The van der Waals surface area contributed by atoms with Crippen LogP contribution >= 0.6 is 11.3 Å². The van der Waals surface area contributed by atoms with Crippen molar-refractivity contribution in [3.8, 4) is 12.1 Å². The highest BCUT2D eigenvalue weighted by Crippen LogP contribution is 2.27. The molecule has 1 aromatic heterocycles. The van der Waals surface area contributed by atoms with E-state index in [-0.39, 0.29) is 6.10 Å². The number of nitrogens with one attached hydrogen (secondary N) is 1. The summed E-state index contributed by atoms with van der Waals surface area (Å²) in [7, 11) is 0. The van der Waals surface area contributed by atoms with Crippen molar-refractivity contribution in [1.29, 1.82) is 10.5 Å². The van der Waals surface area contributed by atoms with Gasteiger partial charge in [0.1, 0.15) is 12.1 Å². The van der Waals surface area contributed by atoms with Crippen molar-refractivity contribution in [2.24, 2.45) is 0 Å². The molecular weight excluding hydrogens is 320 g/mol. The molecule has 1 fully saturated rings. The second-order valence-electron chi connectivity index (χ2n) is 5.83. The van der Waals surface area contributed by atoms with Gasteiger partial charge in [-0.15, -0.1) is 11.3 Å². The predicted molar refractivity (Wildman–Crippen MR) is 95.0 cm³/mol. The number of rotatable bonds is 4. The van der Waals surface area contributed by atoms with Gasteiger partial charge < -0.3 is 15.3 Å². The summed E-state index contributed by atoms with van der Waals surface area (Å²) >= 11 is 1.55. The maximum Gasteiger partial charge on any atom is 0.101 e. The van der Waals surface area contributed by atoms with Crippen molar-refractivity contribution in [2.75, 3.05) is 23.3 Å². The number of piperidine rings is 1. The third-order valence-electron chi connectivity index (χ3n) is 4.17. The van der Waals surface area contributed by atoms with Gasteiger partial charge in [0.05, 0.1) is 22.9 Å². The zero-order valence-electron chi connectivity index (χ0n) is 13.2. The normalized spacial score (nSPS) is 14.9. The van der Waals surface area contributed by atoms with Crippen LogP contribution in [0.4, 0.5) is 11.4 Å². The Hall–Kier alpha value is -2.54. The zero-order valence-corrected chi connectivity index (χ0v) is 14.0. The number of hydrogen-bond acceptors (Lipinski definition) is 6. The number of aliphatic hydroxyl groups excluding tert-OH is 1. The van der Waals surface area contributed by atoms with Crippen LogP contribution in [0.1, 0.15) is 28.8 Å². The highest BCUT2D eigenvalue weighted by atomic mass is 32.1. The van der Waals surface area contributed by atoms with Crippen LogP contribution < -0.4 is 10.2 Å². The Labute approximate surface area is 145 Å². The van der Waals surface area contributed by atoms with E-state index in [0.717, 1.165) is 42.2 Å². The van der Waals surface area contributed by atoms with Crippen LogP contribution in [0.2, 0.25) is 0 Å². The summed E-state index contributed by atoms with van der Waals surface area (Å²) in [5.74, 6) is 0. The quantitative estimate of drug-likeness (QED) is 0.895. The van der Waals surface area contributed by atoms with E-state index in [9.17, 15) is 10.4 Å². The number of aliphatic hydroxyl groups is 1. The van der Waals surface area contributed by atoms with Gasteiger partial charge in [0.25, 0.3) is 0 Å². The molecule has 1 aliphatic heterocycles. The topological polar surface area (TPSA) is 83.1 Å². The van der Waals surface area contributed by atoms with Crippen LogP contribution in [0.25, 0.3) is 0 Å². The monoisotopic (exact) mass is 338 g/mol. The Balaban J connectivity index is 1.70. The van der Waals surface area contributed by atoms with Gasteiger partial charge in [0.2, 0.25) is 0 Å². The molecule has 0 spiro atoms. The molecule has 0 amide bonds. The molecule has 0 aliphatic carbocycles. The van der Waals surface area contributed by atoms with Crippen molar-refractivity contribution >= 4 is 22.7 Å². The van der Waals surface area contributed by atoms with Crippen molar-refractivity contribution in [1.82, 2.24) is 0 Å². The fourth-order valence-electron chi connectivity index (χ4n) is 2.84. The number of benzene rings is 1. The molecule has 0 bridgehead atoms. The first-order chi connectivity index (χ1) is 11.7. The first kappa shape index (κ1) is 16.3. The van der Waals surface area contributed by atoms with E-state index < -0.39 is 0 Å². The molecule has 1 saturated heterocycles. The Morgan fingerprint density at radius 2 is 2.00 bits per heavy atom. The van der Waals surface area contributed by atoms with Crippen LogP contribution in [0.3, 0.4) is 0 Å². The smallest absolute Gasteiger partial charge is 0.101 e. The molecule has 122 valence electrons. The Kier molecular flexibility index (Phi) is 5.00. The molecule has 1 aliphatic rings. The van der Waals surface area contributed by atoms with Gasteiger partial charge >= 0.3 is 0 Å². The van der Waals surface area contributed by atoms with Gasteiger partial charge in [-0.1, -0.05) is 0 Å². The second-order valence-corrected chi connectivity index (χ2v) is 6.82. The van der Waals surface area contributed by atoms with Crippen LogP contribution in [0.5, 0.6) is 0 Å². The lowest BCUT2D eigenvalue weighted by atomic mass is 10.0. The van der Waals surface area contributed by atoms with E-state index in [1.54, 1.807) is 11.3 Å². The molecule has 3 rings (SSSR count). The molecular formula is C18H18N4OS. The summed E-state index contributed by atoms with van der Waals surface area (Å²) in [6.45, 7) is 2.18. The maximum absolute atomic E-state index is 9.62. The summed E-state index contributed by atoms with van der Waals surface area (Å²) in [5.41, 5.74) is 3.13. The third-order valence-corrected chi connectivity index (χ3v) is 5.11. The van der Waals surface area contributed by atoms with E-state index >= 15 is 0 Å². The van der Waals surface area contributed by atoms with Gasteiger partial charge in [0, 0.05) is 35.6 Å². The Morgan fingerprint density at radius 3 is 2.67 bits per heavy atom. The van der Waals surface area contributed by atoms with E-state index in [2.05, 4.69) is 22.4 Å². The standard InChI is InChI=1S/C18H18N4OS/c19-9-13-7-17(24-12-13)11-21-15-1-2-18(14(8-15)10-20)22-5-3-16(23)4-6-22/h1-2,7-8,12,16,21,23H,3-6,11H2. The number of thiophene rings is 1. The molecule has 0 unspecified atom stereocenters. The van der Waals surface area contributed by atoms with Crippen LogP contribution in [0.15, 0.2) is 29.6 Å². The number of nitriles is 2. The van der Waals surface area contributed by atoms with Gasteiger partial charge in [-0.3, -0.25) is 0 Å². The van der Waals surface area contributed by atoms with Crippen molar-refractivity contribution < 1.29 is 5.11 Å². The zero-order chi connectivity index (χ0) is 16.9. The lowest BCUT2D eigenvalue weighted by molar-refractivity contribution is 0.145. The van der Waals surface area contributed by atoms with Gasteiger partial charge in [-0.25, -0.2) is 0 Å². The van der Waals surface area contributed by atoms with E-state index in [1.165, 1.54) is 0 Å². The second kappa shape index (κ2) is 7.35. The van der Waals surface area contributed by atoms with E-state index in [0.29, 0.717) is 17.7 Å². The van der Waals surface area contributed by atoms with Crippen molar-refractivity contribution in [3.63, 3.8) is 0 Å². The number of hydrogen-bond donors (Lipinski definition) is 2. The molecule has 0 atom stereocenters. The summed E-state index contributed by atoms with van der Waals surface area (Å²) < 4.78 is 0. The van der Waals surface area contributed by atoms with E-state index in [4.69, 9.17) is 5.26 Å². The SMILES string of the molecule is N#Cc1csc(CNc2ccc(N3CCC(O)CC3)c(C#N)c2)c1. The molecule has 1 aromatic carbocycles. The summed E-state index contributed by atoms with van der Waals surface area (Å²) in [4.78, 5) is 3.24. The number of anilines is 2. The molecule has 2 heterocycles. The highest BCUT2D eigenvalue weighted by Gasteiger charge is 2.19. The lowest BCUT2D eigenvalue weighted by Gasteiger charge is -2.32. The maximum atomic E-state index is 9.62. The largest absolute Gasteiger partial charge is 0.393 e. The molecule has 5 nitrogen and oxygen atoms in total. The van der Waals surface area contributed by atoms with Gasteiger partial charge in [-0.2, -0.15) is 10.5 Å². The summed E-state index contributed by atoms with van der Waals surface area (Å²) in [6, 6.07) is 12.1. The van der Waals surface area contributed by atoms with E-state index in [1.807, 2.05) is 29.6 Å². The van der Waals surface area contributed by atoms with Crippen molar-refractivity contribution in [3.05, 3.63) is 45.6 Å². The molecule has 2 N–H and O–H groups in total. The fourth-order valence-corrected chi connectivity index (χ4v) is 3.59. The van der Waals surface area contributed by atoms with Gasteiger partial charge in [-0.05, 0) is 37.1 Å². The summed E-state index contributed by atoms with van der Waals surface area (Å²) in [6.07, 6.45) is 1.26. The number of nitrogens with zero attached hydrogens (tertiary/aromatic N) is 3. The first-order valence-electron chi connectivity index (χ1n) is 7.88. The predicted octanol–water partition coefficient (Wildman–Crippen LogP) is 3.06. The van der Waals surface area contributed by atoms with Gasteiger partial charge in [0.15, 0.2) is 0 Å². The minimum Gasteiger partial charge on any atom is -0.393 e. The highest BCUT2D eigenvalue weighted by molar-refractivity contribution is 7.10. The minimum absolute atomic E-state index is 0.225. The first-order valence-corrected chi connectivity index (χ1v) is 8.76. The molecule has 2 aromatic rings. The Morgan fingerprint density at radius 1 is 1.21 bits per heavy atom. The molecule has 6 heteroatoms. The molecule has 0 radical (unpaired) electrons. The Bertz CT molecular complexity index is 794.